The van der Waals surface area contributed by atoms with E-state index in [1.807, 2.05) is 0 Å². The molecule has 1 aliphatic heterocycles. The van der Waals surface area contributed by atoms with Gasteiger partial charge in [-0.1, -0.05) is 0 Å². The molecule has 1 amide bonds. The lowest BCUT2D eigenvalue weighted by Crippen LogP contribution is -2.43. The molecular weight excluding hydrogens is 164 g/mol. The molecule has 13 heavy (non-hydrogen) atoms. The Bertz CT molecular complexity index is 207. The molecule has 0 spiro atoms. The van der Waals surface area contributed by atoms with Crippen molar-refractivity contribution in [1.29, 1.82) is 0 Å². The average molecular weight is 180 g/mol. The molecule has 1 rings (SSSR count). The summed E-state index contributed by atoms with van der Waals surface area (Å²) in [6.07, 6.45) is 8.92. The molecule has 0 saturated carbocycles. The summed E-state index contributed by atoms with van der Waals surface area (Å²) in [7, 11) is 0. The van der Waals surface area contributed by atoms with E-state index in [4.69, 9.17) is 6.42 Å². The average Bonchev–Trinajstić information content (AvgIpc) is 2.32. The third-order valence-electron chi connectivity index (χ3n) is 2.20. The number of nitrogens with one attached hydrogen (secondary N) is 2. The zero-order chi connectivity index (χ0) is 9.52. The van der Waals surface area contributed by atoms with Crippen molar-refractivity contribution in [3.63, 3.8) is 0 Å². The van der Waals surface area contributed by atoms with Gasteiger partial charge in [-0.25, -0.2) is 0 Å². The molecule has 1 aliphatic rings. The summed E-state index contributed by atoms with van der Waals surface area (Å²) in [4.78, 5) is 11.4. The van der Waals surface area contributed by atoms with Gasteiger partial charge in [-0.3, -0.25) is 4.79 Å². The fourth-order valence-corrected chi connectivity index (χ4v) is 1.45. The highest BCUT2D eigenvalue weighted by atomic mass is 16.2. The van der Waals surface area contributed by atoms with Gasteiger partial charge in [0.2, 0.25) is 5.91 Å². The summed E-state index contributed by atoms with van der Waals surface area (Å²) in [6, 6.07) is -0.0316. The largest absolute Gasteiger partial charge is 0.355 e. The van der Waals surface area contributed by atoms with Crippen LogP contribution in [0.4, 0.5) is 0 Å². The number of rotatable bonds is 3. The molecule has 0 aromatic carbocycles. The monoisotopic (exact) mass is 180 g/mol. The Hall–Kier alpha value is -1.01. The SMILES string of the molecule is C#CCCNC1CCCCNC1=O. The van der Waals surface area contributed by atoms with E-state index in [1.165, 1.54) is 0 Å². The van der Waals surface area contributed by atoms with E-state index in [2.05, 4.69) is 16.6 Å². The maximum Gasteiger partial charge on any atom is 0.237 e. The molecule has 2 N–H and O–H groups in total. The lowest BCUT2D eigenvalue weighted by atomic mass is 10.1. The van der Waals surface area contributed by atoms with Gasteiger partial charge < -0.3 is 10.6 Å². The second-order valence-corrected chi connectivity index (χ2v) is 3.25. The third-order valence-corrected chi connectivity index (χ3v) is 2.20. The Morgan fingerprint density at radius 1 is 1.62 bits per heavy atom. The highest BCUT2D eigenvalue weighted by molar-refractivity contribution is 5.81. The highest BCUT2D eigenvalue weighted by Gasteiger charge is 2.18. The van der Waals surface area contributed by atoms with Crippen LogP contribution in [0.15, 0.2) is 0 Å². The minimum Gasteiger partial charge on any atom is -0.355 e. The number of carbonyl (C=O) groups excluding carboxylic acids is 1. The highest BCUT2D eigenvalue weighted by Crippen LogP contribution is 2.04. The first kappa shape index (κ1) is 10.1. The fraction of sp³-hybridized carbons (Fsp3) is 0.700. The van der Waals surface area contributed by atoms with Gasteiger partial charge in [0.15, 0.2) is 0 Å². The van der Waals surface area contributed by atoms with Crippen molar-refractivity contribution in [2.24, 2.45) is 0 Å². The van der Waals surface area contributed by atoms with Crippen LogP contribution >= 0.6 is 0 Å². The molecule has 1 atom stereocenters. The summed E-state index contributed by atoms with van der Waals surface area (Å²) in [5.74, 6) is 2.66. The number of hydrogen-bond donors (Lipinski definition) is 2. The number of amides is 1. The first-order chi connectivity index (χ1) is 6.34. The molecule has 3 heteroatoms. The fourth-order valence-electron chi connectivity index (χ4n) is 1.45. The Morgan fingerprint density at radius 2 is 2.46 bits per heavy atom. The van der Waals surface area contributed by atoms with E-state index in [9.17, 15) is 4.79 Å². The minimum atomic E-state index is -0.0316. The van der Waals surface area contributed by atoms with Gasteiger partial charge >= 0.3 is 0 Å². The van der Waals surface area contributed by atoms with Crippen LogP contribution in [0.5, 0.6) is 0 Å². The van der Waals surface area contributed by atoms with Crippen LogP contribution in [0.2, 0.25) is 0 Å². The quantitative estimate of drug-likeness (QED) is 0.483. The minimum absolute atomic E-state index is 0.0316. The predicted octanol–water partition coefficient (Wildman–Crippen LogP) is 0.268. The molecule has 0 aliphatic carbocycles. The first-order valence-electron chi connectivity index (χ1n) is 4.79. The van der Waals surface area contributed by atoms with E-state index in [0.717, 1.165) is 32.4 Å². The lowest BCUT2D eigenvalue weighted by Gasteiger charge is -2.13. The van der Waals surface area contributed by atoms with Crippen LogP contribution < -0.4 is 10.6 Å². The molecule has 1 heterocycles. The summed E-state index contributed by atoms with van der Waals surface area (Å²) in [6.45, 7) is 1.54. The molecule has 3 nitrogen and oxygen atoms in total. The molecule has 0 bridgehead atoms. The standard InChI is InChI=1S/C10H16N2O/c1-2-3-7-11-9-6-4-5-8-12-10(9)13/h1,9,11H,3-8H2,(H,12,13). The lowest BCUT2D eigenvalue weighted by molar-refractivity contribution is -0.122. The van der Waals surface area contributed by atoms with E-state index >= 15 is 0 Å². The summed E-state index contributed by atoms with van der Waals surface area (Å²) in [5.41, 5.74) is 0. The molecule has 1 fully saturated rings. The van der Waals surface area contributed by atoms with Gasteiger partial charge in [0, 0.05) is 19.5 Å². The van der Waals surface area contributed by atoms with Gasteiger partial charge in [0.05, 0.1) is 6.04 Å². The molecular formula is C10H16N2O. The second-order valence-electron chi connectivity index (χ2n) is 3.25. The van der Waals surface area contributed by atoms with Crippen LogP contribution in [0.3, 0.4) is 0 Å². The zero-order valence-corrected chi connectivity index (χ0v) is 7.81. The van der Waals surface area contributed by atoms with Crippen molar-refractivity contribution in [2.45, 2.75) is 31.7 Å². The molecule has 72 valence electrons. The Labute approximate surface area is 79.3 Å². The van der Waals surface area contributed by atoms with Gasteiger partial charge in [0.1, 0.15) is 0 Å². The van der Waals surface area contributed by atoms with E-state index < -0.39 is 0 Å². The third kappa shape index (κ3) is 3.47. The van der Waals surface area contributed by atoms with Crippen LogP contribution in [0.25, 0.3) is 0 Å². The molecule has 0 radical (unpaired) electrons. The topological polar surface area (TPSA) is 41.1 Å². The Balaban J connectivity index is 2.29. The zero-order valence-electron chi connectivity index (χ0n) is 7.81. The van der Waals surface area contributed by atoms with Gasteiger partial charge in [-0.2, -0.15) is 0 Å². The van der Waals surface area contributed by atoms with Crippen LogP contribution in [-0.4, -0.2) is 25.0 Å². The molecule has 1 saturated heterocycles. The van der Waals surface area contributed by atoms with E-state index in [0.29, 0.717) is 6.42 Å². The van der Waals surface area contributed by atoms with E-state index in [1.54, 1.807) is 0 Å². The van der Waals surface area contributed by atoms with Crippen LogP contribution in [0.1, 0.15) is 25.7 Å². The smallest absolute Gasteiger partial charge is 0.237 e. The van der Waals surface area contributed by atoms with Gasteiger partial charge in [-0.15, -0.1) is 12.3 Å². The summed E-state index contributed by atoms with van der Waals surface area (Å²) in [5, 5.41) is 6.03. The Kier molecular flexibility index (Phi) is 4.34. The number of carbonyl (C=O) groups is 1. The number of hydrogen-bond acceptors (Lipinski definition) is 2. The Morgan fingerprint density at radius 3 is 3.23 bits per heavy atom. The molecule has 1 unspecified atom stereocenters. The van der Waals surface area contributed by atoms with Crippen molar-refractivity contribution in [3.8, 4) is 12.3 Å². The molecule has 0 aromatic heterocycles. The molecule has 0 aromatic rings. The summed E-state index contributed by atoms with van der Waals surface area (Å²) < 4.78 is 0. The maximum absolute atomic E-state index is 11.4. The van der Waals surface area contributed by atoms with Crippen LogP contribution in [0, 0.1) is 12.3 Å². The first-order valence-corrected chi connectivity index (χ1v) is 4.79. The summed E-state index contributed by atoms with van der Waals surface area (Å²) >= 11 is 0. The normalized spacial score (nSPS) is 23.0. The number of terminal acetylenes is 1. The van der Waals surface area contributed by atoms with Crippen molar-refractivity contribution in [2.75, 3.05) is 13.1 Å². The van der Waals surface area contributed by atoms with Crippen molar-refractivity contribution in [1.82, 2.24) is 10.6 Å². The predicted molar refractivity (Wildman–Crippen MR) is 52.1 cm³/mol. The van der Waals surface area contributed by atoms with Crippen molar-refractivity contribution >= 4 is 5.91 Å². The van der Waals surface area contributed by atoms with Gasteiger partial charge in [-0.05, 0) is 19.3 Å². The van der Waals surface area contributed by atoms with Gasteiger partial charge in [0.25, 0.3) is 0 Å². The second kappa shape index (κ2) is 5.60. The maximum atomic E-state index is 11.4. The van der Waals surface area contributed by atoms with E-state index in [-0.39, 0.29) is 11.9 Å². The van der Waals surface area contributed by atoms with Crippen LogP contribution in [-0.2, 0) is 4.79 Å². The van der Waals surface area contributed by atoms with Crippen molar-refractivity contribution < 1.29 is 4.79 Å². The van der Waals surface area contributed by atoms with Crippen molar-refractivity contribution in [3.05, 3.63) is 0 Å².